The molecule has 0 bridgehead atoms. The molecule has 0 fully saturated rings. The molecule has 0 spiro atoms. The highest BCUT2D eigenvalue weighted by atomic mass is 16.6. The van der Waals surface area contributed by atoms with Gasteiger partial charge in [0.25, 0.3) is 0 Å². The number of carboxylic acid groups (broad SMARTS) is 1. The molecule has 0 amide bonds. The van der Waals surface area contributed by atoms with E-state index in [9.17, 15) is 4.79 Å². The van der Waals surface area contributed by atoms with Gasteiger partial charge in [-0.25, -0.2) is 0 Å². The van der Waals surface area contributed by atoms with E-state index in [4.69, 9.17) is 19.3 Å². The number of carboxylic acids is 1. The number of ether oxygens (including phenoxy) is 3. The van der Waals surface area contributed by atoms with Crippen LogP contribution >= 0.6 is 0 Å². The first kappa shape index (κ1) is 31.4. The minimum atomic E-state index is -0.759. The molecule has 35 heavy (non-hydrogen) atoms. The van der Waals surface area contributed by atoms with E-state index in [0.29, 0.717) is 26.2 Å². The van der Waals surface area contributed by atoms with Gasteiger partial charge < -0.3 is 19.3 Å². The summed E-state index contributed by atoms with van der Waals surface area (Å²) in [6.45, 7) is 4.49. The minimum absolute atomic E-state index is 0.147. The lowest BCUT2D eigenvalue weighted by atomic mass is 10.0. The van der Waals surface area contributed by atoms with Gasteiger partial charge in [0.1, 0.15) is 18.5 Å². The summed E-state index contributed by atoms with van der Waals surface area (Å²) in [6.07, 6.45) is 20.3. The van der Waals surface area contributed by atoms with Crippen LogP contribution in [0.4, 0.5) is 0 Å². The van der Waals surface area contributed by atoms with E-state index in [1.807, 2.05) is 30.3 Å². The Morgan fingerprint density at radius 2 is 1.26 bits per heavy atom. The van der Waals surface area contributed by atoms with Crippen molar-refractivity contribution in [3.05, 3.63) is 30.3 Å². The smallest absolute Gasteiger partial charge is 0.303 e. The van der Waals surface area contributed by atoms with Crippen molar-refractivity contribution in [2.24, 2.45) is 0 Å². The van der Waals surface area contributed by atoms with Crippen molar-refractivity contribution in [3.8, 4) is 5.75 Å². The predicted molar refractivity (Wildman–Crippen MR) is 144 cm³/mol. The molecular formula is C30H52O5. The fourth-order valence-electron chi connectivity index (χ4n) is 4.09. The molecule has 1 aromatic carbocycles. The van der Waals surface area contributed by atoms with Crippen LogP contribution in [0.2, 0.25) is 0 Å². The summed E-state index contributed by atoms with van der Waals surface area (Å²) in [4.78, 5) is 10.7. The van der Waals surface area contributed by atoms with Gasteiger partial charge in [-0.3, -0.25) is 4.79 Å². The summed E-state index contributed by atoms with van der Waals surface area (Å²) >= 11 is 0. The summed E-state index contributed by atoms with van der Waals surface area (Å²) in [6, 6.07) is 9.72. The normalized spacial score (nSPS) is 12.0. The minimum Gasteiger partial charge on any atom is -0.491 e. The van der Waals surface area contributed by atoms with E-state index in [1.54, 1.807) is 0 Å². The first-order chi connectivity index (χ1) is 17.2. The maximum absolute atomic E-state index is 10.7. The molecule has 0 saturated carbocycles. The van der Waals surface area contributed by atoms with Crippen LogP contribution in [-0.2, 0) is 14.3 Å². The molecule has 0 heterocycles. The van der Waals surface area contributed by atoms with Crippen molar-refractivity contribution in [2.45, 2.75) is 122 Å². The largest absolute Gasteiger partial charge is 0.491 e. The topological polar surface area (TPSA) is 65.0 Å². The van der Waals surface area contributed by atoms with Crippen LogP contribution in [0.15, 0.2) is 30.3 Å². The molecule has 202 valence electrons. The van der Waals surface area contributed by atoms with E-state index < -0.39 is 5.97 Å². The Balaban J connectivity index is 2.02. The molecule has 0 aliphatic carbocycles. The molecule has 1 unspecified atom stereocenters. The van der Waals surface area contributed by atoms with Gasteiger partial charge in [-0.15, -0.1) is 0 Å². The second kappa shape index (κ2) is 24.1. The van der Waals surface area contributed by atoms with Gasteiger partial charge >= 0.3 is 5.97 Å². The second-order valence-electron chi connectivity index (χ2n) is 9.64. The molecular weight excluding hydrogens is 440 g/mol. The summed E-state index contributed by atoms with van der Waals surface area (Å²) in [5, 5.41) is 8.76. The van der Waals surface area contributed by atoms with Crippen molar-refractivity contribution in [1.29, 1.82) is 0 Å². The predicted octanol–water partition coefficient (Wildman–Crippen LogP) is 8.20. The molecule has 1 N–H and O–H groups in total. The maximum atomic E-state index is 10.7. The van der Waals surface area contributed by atoms with E-state index in [1.165, 1.54) is 83.5 Å². The SMILES string of the molecule is CCCCCCCCCCCCCCCCOCC(COc1ccccc1)OCCCCC(=O)O. The molecule has 0 saturated heterocycles. The number of rotatable bonds is 26. The monoisotopic (exact) mass is 492 g/mol. The molecule has 1 rings (SSSR count). The molecule has 0 aromatic heterocycles. The van der Waals surface area contributed by atoms with Gasteiger partial charge in [-0.1, -0.05) is 109 Å². The highest BCUT2D eigenvalue weighted by Crippen LogP contribution is 2.13. The van der Waals surface area contributed by atoms with Gasteiger partial charge in [0.2, 0.25) is 0 Å². The Kier molecular flexibility index (Phi) is 21.7. The number of benzene rings is 1. The van der Waals surface area contributed by atoms with Crippen LogP contribution in [0.25, 0.3) is 0 Å². The van der Waals surface area contributed by atoms with Gasteiger partial charge in [0, 0.05) is 19.6 Å². The summed E-state index contributed by atoms with van der Waals surface area (Å²) in [5.41, 5.74) is 0. The molecule has 5 heteroatoms. The zero-order valence-electron chi connectivity index (χ0n) is 22.4. The Hall–Kier alpha value is -1.59. The standard InChI is InChI=1S/C30H52O5/c1-2-3-4-5-6-7-8-9-10-11-12-13-14-19-24-33-26-29(34-25-20-18-23-30(31)32)27-35-28-21-16-15-17-22-28/h15-17,21-22,29H,2-14,18-20,23-27H2,1H3,(H,31,32). The van der Waals surface area contributed by atoms with Gasteiger partial charge in [0.05, 0.1) is 6.61 Å². The quantitative estimate of drug-likeness (QED) is 0.132. The summed E-state index contributed by atoms with van der Waals surface area (Å²) in [7, 11) is 0. The average Bonchev–Trinajstić information content (AvgIpc) is 2.86. The van der Waals surface area contributed by atoms with E-state index >= 15 is 0 Å². The highest BCUT2D eigenvalue weighted by molar-refractivity contribution is 5.66. The maximum Gasteiger partial charge on any atom is 0.303 e. The van der Waals surface area contributed by atoms with Gasteiger partial charge in [-0.2, -0.15) is 0 Å². The van der Waals surface area contributed by atoms with Crippen LogP contribution in [-0.4, -0.2) is 43.6 Å². The Labute approximate surface area is 214 Å². The average molecular weight is 493 g/mol. The number of para-hydroxylation sites is 1. The number of unbranched alkanes of at least 4 members (excludes halogenated alkanes) is 14. The summed E-state index contributed by atoms with van der Waals surface area (Å²) in [5.74, 6) is 0.0596. The highest BCUT2D eigenvalue weighted by Gasteiger charge is 2.11. The van der Waals surface area contributed by atoms with Gasteiger partial charge in [-0.05, 0) is 31.4 Å². The van der Waals surface area contributed by atoms with E-state index in [-0.39, 0.29) is 12.5 Å². The Bertz CT molecular complexity index is 577. The molecule has 0 aliphatic heterocycles. The fourth-order valence-corrected chi connectivity index (χ4v) is 4.09. The number of aliphatic carboxylic acids is 1. The first-order valence-electron chi connectivity index (χ1n) is 14.3. The molecule has 1 aromatic rings. The van der Waals surface area contributed by atoms with E-state index in [0.717, 1.165) is 25.2 Å². The van der Waals surface area contributed by atoms with Crippen LogP contribution < -0.4 is 4.74 Å². The van der Waals surface area contributed by atoms with Crippen LogP contribution in [0.3, 0.4) is 0 Å². The second-order valence-corrected chi connectivity index (χ2v) is 9.64. The number of carbonyl (C=O) groups is 1. The van der Waals surface area contributed by atoms with Crippen molar-refractivity contribution in [1.82, 2.24) is 0 Å². The fraction of sp³-hybridized carbons (Fsp3) is 0.767. The third-order valence-corrected chi connectivity index (χ3v) is 6.26. The lowest BCUT2D eigenvalue weighted by Crippen LogP contribution is -2.28. The summed E-state index contributed by atoms with van der Waals surface area (Å²) < 4.78 is 17.7. The molecule has 5 nitrogen and oxygen atoms in total. The molecule has 1 atom stereocenters. The van der Waals surface area contributed by atoms with Crippen molar-refractivity contribution in [2.75, 3.05) is 26.4 Å². The van der Waals surface area contributed by atoms with E-state index in [2.05, 4.69) is 6.92 Å². The van der Waals surface area contributed by atoms with Crippen LogP contribution in [0.5, 0.6) is 5.75 Å². The van der Waals surface area contributed by atoms with Crippen LogP contribution in [0.1, 0.15) is 116 Å². The van der Waals surface area contributed by atoms with Crippen molar-refractivity contribution >= 4 is 5.97 Å². The zero-order chi connectivity index (χ0) is 25.2. The number of hydrogen-bond donors (Lipinski definition) is 1. The first-order valence-corrected chi connectivity index (χ1v) is 14.3. The lowest BCUT2D eigenvalue weighted by molar-refractivity contribution is -0.137. The Morgan fingerprint density at radius 3 is 1.83 bits per heavy atom. The third-order valence-electron chi connectivity index (χ3n) is 6.26. The van der Waals surface area contributed by atoms with Gasteiger partial charge in [0.15, 0.2) is 0 Å². The zero-order valence-corrected chi connectivity index (χ0v) is 22.4. The Morgan fingerprint density at radius 1 is 0.714 bits per heavy atom. The lowest BCUT2D eigenvalue weighted by Gasteiger charge is -2.19. The third kappa shape index (κ3) is 21.4. The van der Waals surface area contributed by atoms with Crippen LogP contribution in [0, 0.1) is 0 Å². The number of hydrogen-bond acceptors (Lipinski definition) is 4. The van der Waals surface area contributed by atoms with Crippen molar-refractivity contribution < 1.29 is 24.1 Å². The molecule has 0 radical (unpaired) electrons. The van der Waals surface area contributed by atoms with Crippen molar-refractivity contribution in [3.63, 3.8) is 0 Å². The molecule has 0 aliphatic rings.